The molecule has 2 heterocycles. The molecule has 2 aliphatic rings. The van der Waals surface area contributed by atoms with E-state index in [9.17, 15) is 0 Å². The first-order valence-corrected chi connectivity index (χ1v) is 7.36. The predicted molar refractivity (Wildman–Crippen MR) is 72.8 cm³/mol. The minimum atomic E-state index is 0.369. The van der Waals surface area contributed by atoms with E-state index in [1.54, 1.807) is 0 Å². The van der Waals surface area contributed by atoms with E-state index in [0.717, 1.165) is 51.6 Å². The van der Waals surface area contributed by atoms with Gasteiger partial charge in [0, 0.05) is 39.0 Å². The monoisotopic (exact) mass is 259 g/mol. The van der Waals surface area contributed by atoms with Crippen LogP contribution in [0.25, 0.3) is 0 Å². The Balaban J connectivity index is 1.88. The molecular weight excluding hydrogens is 234 g/mol. The largest absolute Gasteiger partial charge is 0.381 e. The Morgan fingerprint density at radius 1 is 1.12 bits per heavy atom. The molecule has 0 amide bonds. The summed E-state index contributed by atoms with van der Waals surface area (Å²) in [5, 5.41) is 0. The van der Waals surface area contributed by atoms with Crippen molar-refractivity contribution in [3.63, 3.8) is 0 Å². The molecule has 4 heteroatoms. The number of hydrogen-bond donors (Lipinski definition) is 1. The lowest BCUT2D eigenvalue weighted by Crippen LogP contribution is -2.46. The average molecular weight is 259 g/mol. The highest BCUT2D eigenvalue weighted by molar-refractivity contribution is 7.80. The standard InChI is InChI=1S/C13H25NO2S/c1-14(12-2-6-15-7-3-12)10-13(11-17)4-8-16-9-5-13/h12,17H,2-11H2,1H3. The smallest absolute Gasteiger partial charge is 0.0480 e. The first-order chi connectivity index (χ1) is 8.26. The van der Waals surface area contributed by atoms with Crippen LogP contribution < -0.4 is 0 Å². The summed E-state index contributed by atoms with van der Waals surface area (Å²) in [6.45, 7) is 4.81. The van der Waals surface area contributed by atoms with Gasteiger partial charge < -0.3 is 14.4 Å². The van der Waals surface area contributed by atoms with E-state index in [-0.39, 0.29) is 0 Å². The zero-order chi connectivity index (χ0) is 12.1. The van der Waals surface area contributed by atoms with Crippen molar-refractivity contribution in [3.8, 4) is 0 Å². The molecule has 17 heavy (non-hydrogen) atoms. The van der Waals surface area contributed by atoms with Crippen LogP contribution in [0.15, 0.2) is 0 Å². The maximum Gasteiger partial charge on any atom is 0.0480 e. The fraction of sp³-hybridized carbons (Fsp3) is 1.00. The molecule has 0 aliphatic carbocycles. The van der Waals surface area contributed by atoms with Crippen LogP contribution in [0, 0.1) is 5.41 Å². The van der Waals surface area contributed by atoms with Crippen LogP contribution >= 0.6 is 12.6 Å². The average Bonchev–Trinajstić information content (AvgIpc) is 2.41. The molecule has 2 saturated heterocycles. The van der Waals surface area contributed by atoms with Crippen molar-refractivity contribution < 1.29 is 9.47 Å². The molecule has 0 atom stereocenters. The number of rotatable bonds is 4. The molecular formula is C13H25NO2S. The molecule has 0 aromatic heterocycles. The van der Waals surface area contributed by atoms with E-state index >= 15 is 0 Å². The van der Waals surface area contributed by atoms with Crippen LogP contribution in [-0.2, 0) is 9.47 Å². The first-order valence-electron chi connectivity index (χ1n) is 6.72. The van der Waals surface area contributed by atoms with Gasteiger partial charge in [-0.15, -0.1) is 0 Å². The molecule has 3 nitrogen and oxygen atoms in total. The zero-order valence-corrected chi connectivity index (χ0v) is 11.8. The molecule has 0 spiro atoms. The minimum Gasteiger partial charge on any atom is -0.381 e. The summed E-state index contributed by atoms with van der Waals surface area (Å²) < 4.78 is 10.9. The third-order valence-electron chi connectivity index (χ3n) is 4.29. The quantitative estimate of drug-likeness (QED) is 0.779. The Labute approximate surface area is 110 Å². The van der Waals surface area contributed by atoms with E-state index in [0.29, 0.717) is 11.5 Å². The lowest BCUT2D eigenvalue weighted by molar-refractivity contribution is -0.0112. The Kier molecular flexibility index (Phi) is 5.15. The zero-order valence-electron chi connectivity index (χ0n) is 10.9. The summed E-state index contributed by atoms with van der Waals surface area (Å²) in [6, 6.07) is 0.698. The lowest BCUT2D eigenvalue weighted by Gasteiger charge is -2.42. The summed E-state index contributed by atoms with van der Waals surface area (Å²) >= 11 is 4.58. The molecule has 0 radical (unpaired) electrons. The van der Waals surface area contributed by atoms with Gasteiger partial charge in [-0.1, -0.05) is 0 Å². The third-order valence-corrected chi connectivity index (χ3v) is 4.96. The van der Waals surface area contributed by atoms with Crippen LogP contribution in [0.4, 0.5) is 0 Å². The number of ether oxygens (including phenoxy) is 2. The highest BCUT2D eigenvalue weighted by Gasteiger charge is 2.34. The van der Waals surface area contributed by atoms with Gasteiger partial charge in [0.1, 0.15) is 0 Å². The number of thiol groups is 1. The molecule has 2 rings (SSSR count). The maximum atomic E-state index is 5.48. The van der Waals surface area contributed by atoms with Crippen molar-refractivity contribution in [1.29, 1.82) is 0 Å². The molecule has 0 aromatic carbocycles. The van der Waals surface area contributed by atoms with Crippen molar-refractivity contribution in [2.75, 3.05) is 45.8 Å². The molecule has 0 N–H and O–H groups in total. The summed E-state index contributed by atoms with van der Waals surface area (Å²) in [6.07, 6.45) is 4.67. The molecule has 0 saturated carbocycles. The van der Waals surface area contributed by atoms with Crippen molar-refractivity contribution in [2.45, 2.75) is 31.7 Å². The second-order valence-electron chi connectivity index (χ2n) is 5.53. The van der Waals surface area contributed by atoms with Gasteiger partial charge in [-0.2, -0.15) is 12.6 Å². The van der Waals surface area contributed by atoms with E-state index in [1.807, 2.05) is 0 Å². The summed E-state index contributed by atoms with van der Waals surface area (Å²) in [5.74, 6) is 0.976. The van der Waals surface area contributed by atoms with Gasteiger partial charge in [0.2, 0.25) is 0 Å². The summed E-state index contributed by atoms with van der Waals surface area (Å²) in [4.78, 5) is 2.53. The Morgan fingerprint density at radius 2 is 1.71 bits per heavy atom. The highest BCUT2D eigenvalue weighted by Crippen LogP contribution is 2.33. The van der Waals surface area contributed by atoms with Gasteiger partial charge >= 0.3 is 0 Å². The van der Waals surface area contributed by atoms with Crippen LogP contribution in [0.1, 0.15) is 25.7 Å². The summed E-state index contributed by atoms with van der Waals surface area (Å²) in [7, 11) is 2.26. The van der Waals surface area contributed by atoms with Crippen LogP contribution in [0.5, 0.6) is 0 Å². The Bertz CT molecular complexity index is 225. The van der Waals surface area contributed by atoms with Crippen molar-refractivity contribution in [3.05, 3.63) is 0 Å². The summed E-state index contributed by atoms with van der Waals surface area (Å²) in [5.41, 5.74) is 0.369. The molecule has 0 unspecified atom stereocenters. The first kappa shape index (κ1) is 13.7. The van der Waals surface area contributed by atoms with Gasteiger partial charge in [-0.05, 0) is 43.9 Å². The number of nitrogens with zero attached hydrogens (tertiary/aromatic N) is 1. The molecule has 0 bridgehead atoms. The van der Waals surface area contributed by atoms with Crippen LogP contribution in [-0.4, -0.2) is 56.7 Å². The van der Waals surface area contributed by atoms with E-state index in [4.69, 9.17) is 9.47 Å². The van der Waals surface area contributed by atoms with E-state index in [2.05, 4.69) is 24.6 Å². The Morgan fingerprint density at radius 3 is 2.29 bits per heavy atom. The second kappa shape index (κ2) is 6.41. The fourth-order valence-electron chi connectivity index (χ4n) is 2.95. The second-order valence-corrected chi connectivity index (χ2v) is 5.85. The maximum absolute atomic E-state index is 5.48. The fourth-order valence-corrected chi connectivity index (χ4v) is 3.37. The lowest BCUT2D eigenvalue weighted by atomic mass is 9.81. The van der Waals surface area contributed by atoms with E-state index < -0.39 is 0 Å². The predicted octanol–water partition coefficient (Wildman–Crippen LogP) is 1.82. The van der Waals surface area contributed by atoms with Gasteiger partial charge in [0.15, 0.2) is 0 Å². The third kappa shape index (κ3) is 3.60. The molecule has 0 aromatic rings. The normalized spacial score (nSPS) is 26.3. The molecule has 2 aliphatic heterocycles. The molecule has 100 valence electrons. The van der Waals surface area contributed by atoms with Crippen LogP contribution in [0.2, 0.25) is 0 Å². The topological polar surface area (TPSA) is 21.7 Å². The van der Waals surface area contributed by atoms with Gasteiger partial charge in [0.05, 0.1) is 0 Å². The highest BCUT2D eigenvalue weighted by atomic mass is 32.1. The van der Waals surface area contributed by atoms with Crippen molar-refractivity contribution >= 4 is 12.6 Å². The van der Waals surface area contributed by atoms with Gasteiger partial charge in [-0.3, -0.25) is 0 Å². The SMILES string of the molecule is CN(CC1(CS)CCOCC1)C1CCOCC1. The van der Waals surface area contributed by atoms with Gasteiger partial charge in [-0.25, -0.2) is 0 Å². The van der Waals surface area contributed by atoms with Crippen molar-refractivity contribution in [1.82, 2.24) is 4.90 Å². The number of hydrogen-bond acceptors (Lipinski definition) is 4. The van der Waals surface area contributed by atoms with Crippen LogP contribution in [0.3, 0.4) is 0 Å². The van der Waals surface area contributed by atoms with Gasteiger partial charge in [0.25, 0.3) is 0 Å². The molecule has 2 fully saturated rings. The minimum absolute atomic E-state index is 0.369. The van der Waals surface area contributed by atoms with Crippen molar-refractivity contribution in [2.24, 2.45) is 5.41 Å². The Hall–Kier alpha value is 0.230. The van der Waals surface area contributed by atoms with E-state index in [1.165, 1.54) is 12.8 Å².